The monoisotopic (exact) mass is 675 g/mol. The molecule has 1 saturated carbocycles. The van der Waals surface area contributed by atoms with Crippen LogP contribution < -0.4 is 5.32 Å². The Morgan fingerprint density at radius 3 is 2.57 bits per heavy atom. The van der Waals surface area contributed by atoms with Gasteiger partial charge in [-0.1, -0.05) is 23.9 Å². The number of nitrogens with zero attached hydrogens (tertiary/aromatic N) is 4. The second-order valence-corrected chi connectivity index (χ2v) is 12.7. The lowest BCUT2D eigenvalue weighted by Gasteiger charge is -2.21. The van der Waals surface area contributed by atoms with Crippen molar-refractivity contribution in [3.05, 3.63) is 93.6 Å². The largest absolute Gasteiger partial charge is 0.435 e. The lowest BCUT2D eigenvalue weighted by molar-refractivity contribution is -0.142. The van der Waals surface area contributed by atoms with Gasteiger partial charge in [-0.25, -0.2) is 18.7 Å². The molecule has 0 spiro atoms. The number of carbonyl (C=O) groups is 2. The highest BCUT2D eigenvalue weighted by Gasteiger charge is 2.68. The predicted molar refractivity (Wildman–Crippen MR) is 155 cm³/mol. The molecule has 4 aromatic rings. The average molecular weight is 676 g/mol. The van der Waals surface area contributed by atoms with Gasteiger partial charge in [-0.2, -0.15) is 27.1 Å². The van der Waals surface area contributed by atoms with E-state index < -0.39 is 77.2 Å². The molecular formula is C32H24F7N5O2S. The van der Waals surface area contributed by atoms with E-state index in [1.807, 2.05) is 0 Å². The van der Waals surface area contributed by atoms with Crippen molar-refractivity contribution < 1.29 is 40.3 Å². The molecule has 0 bridgehead atoms. The van der Waals surface area contributed by atoms with E-state index in [0.717, 1.165) is 17.7 Å². The number of carbonyl (C=O) groups excluding carboxylic acids is 2. The minimum absolute atomic E-state index is 0.0897. The molecule has 1 fully saturated rings. The van der Waals surface area contributed by atoms with Crippen LogP contribution in [0.15, 0.2) is 47.8 Å². The number of Topliss-reactive ketones (excluding diaryl/α,β-unsaturated/α-hetero) is 1. The first kappa shape index (κ1) is 31.3. The topological polar surface area (TPSA) is 89.8 Å². The van der Waals surface area contributed by atoms with Crippen LogP contribution in [0.1, 0.15) is 68.8 Å². The van der Waals surface area contributed by atoms with Crippen molar-refractivity contribution in [3.8, 4) is 11.1 Å². The first-order chi connectivity index (χ1) is 22.2. The van der Waals surface area contributed by atoms with E-state index in [2.05, 4.69) is 20.4 Å². The number of thioether (sulfide) groups is 1. The van der Waals surface area contributed by atoms with E-state index in [1.54, 1.807) is 24.5 Å². The molecule has 1 amide bonds. The Kier molecular flexibility index (Phi) is 7.45. The van der Waals surface area contributed by atoms with Crippen LogP contribution in [-0.2, 0) is 36.4 Å². The number of hydrogen-bond acceptors (Lipinski definition) is 6. The molecule has 7 nitrogen and oxygen atoms in total. The molecule has 15 heteroatoms. The van der Waals surface area contributed by atoms with Crippen LogP contribution in [0.3, 0.4) is 0 Å². The summed E-state index contributed by atoms with van der Waals surface area (Å²) in [5, 5.41) is 6.49. The summed E-state index contributed by atoms with van der Waals surface area (Å²) < 4.78 is 101. The zero-order valence-corrected chi connectivity index (χ0v) is 25.3. The van der Waals surface area contributed by atoms with Crippen molar-refractivity contribution in [1.82, 2.24) is 25.1 Å². The average Bonchev–Trinajstić information content (AvgIpc) is 3.51. The van der Waals surface area contributed by atoms with E-state index in [9.17, 15) is 31.5 Å². The SMILES string of the molecule is CSc1ncc(-c2ccc3c(c2)C(=O)NC3)c([C@@H](CC(=O)Cn2nc(C(F)(F)F)c3c2C(F)(F)[C@@H]2C[C@H]32)Cc2cc(F)cc(F)c2)n1. The number of nitrogens with one attached hydrogen (secondary N) is 1. The van der Waals surface area contributed by atoms with Gasteiger partial charge in [0.05, 0.1) is 5.69 Å². The molecule has 47 heavy (non-hydrogen) atoms. The minimum atomic E-state index is -4.99. The highest BCUT2D eigenvalue weighted by Crippen LogP contribution is 2.68. The van der Waals surface area contributed by atoms with Crippen molar-refractivity contribution in [3.63, 3.8) is 0 Å². The van der Waals surface area contributed by atoms with Crippen LogP contribution in [0.25, 0.3) is 11.1 Å². The molecule has 2 aromatic heterocycles. The number of ketones is 1. The van der Waals surface area contributed by atoms with Gasteiger partial charge in [0, 0.05) is 53.8 Å². The van der Waals surface area contributed by atoms with Gasteiger partial charge in [0.15, 0.2) is 16.6 Å². The van der Waals surface area contributed by atoms with Gasteiger partial charge in [-0.15, -0.1) is 0 Å². The number of rotatable bonds is 9. The van der Waals surface area contributed by atoms with E-state index in [-0.39, 0.29) is 30.0 Å². The van der Waals surface area contributed by atoms with Crippen molar-refractivity contribution >= 4 is 23.5 Å². The summed E-state index contributed by atoms with van der Waals surface area (Å²) >= 11 is 1.18. The number of amides is 1. The van der Waals surface area contributed by atoms with Gasteiger partial charge in [-0.05, 0) is 59.9 Å². The molecule has 0 unspecified atom stereocenters. The molecule has 0 radical (unpaired) electrons. The third-order valence-electron chi connectivity index (χ3n) is 8.88. The molecule has 7 rings (SSSR count). The van der Waals surface area contributed by atoms with Gasteiger partial charge in [0.1, 0.15) is 23.9 Å². The fraction of sp³-hybridized carbons (Fsp3) is 0.344. The zero-order chi connectivity index (χ0) is 33.4. The van der Waals surface area contributed by atoms with Gasteiger partial charge >= 0.3 is 6.18 Å². The fourth-order valence-corrected chi connectivity index (χ4v) is 7.12. The Morgan fingerprint density at radius 1 is 1.13 bits per heavy atom. The third-order valence-corrected chi connectivity index (χ3v) is 9.44. The zero-order valence-electron chi connectivity index (χ0n) is 24.5. The van der Waals surface area contributed by atoms with Crippen LogP contribution in [0.5, 0.6) is 0 Å². The molecule has 3 heterocycles. The Bertz CT molecular complexity index is 1940. The first-order valence-electron chi connectivity index (χ1n) is 14.6. The summed E-state index contributed by atoms with van der Waals surface area (Å²) in [6.07, 6.45) is -2.47. The van der Waals surface area contributed by atoms with E-state index in [0.29, 0.717) is 39.1 Å². The molecule has 1 N–H and O–H groups in total. The molecule has 244 valence electrons. The first-order valence-corrected chi connectivity index (χ1v) is 15.8. The van der Waals surface area contributed by atoms with Gasteiger partial charge < -0.3 is 5.32 Å². The van der Waals surface area contributed by atoms with Crippen LogP contribution in [0.4, 0.5) is 30.7 Å². The normalized spacial score (nSPS) is 19.6. The molecule has 2 aliphatic carbocycles. The van der Waals surface area contributed by atoms with Crippen LogP contribution in [0.2, 0.25) is 0 Å². The summed E-state index contributed by atoms with van der Waals surface area (Å²) in [5.41, 5.74) is -0.320. The highest BCUT2D eigenvalue weighted by atomic mass is 32.2. The standard InChI is InChI=1S/C32H24F7N5O2S/c1-47-30-41-12-23(15-2-3-16-11-40-29(46)21(16)8-15)26(42-30)17(4-14-5-18(33)9-19(34)6-14)7-20(45)13-44-28-25(27(43-44)32(37,38)39)22-10-24(22)31(28,35)36/h2-3,5-6,8-9,12,17,22,24H,4,7,10-11,13H2,1H3,(H,40,46)/t17-,22+,24-/m1/s1. The van der Waals surface area contributed by atoms with E-state index in [4.69, 9.17) is 0 Å². The number of fused-ring (bicyclic) bond motifs is 4. The summed E-state index contributed by atoms with van der Waals surface area (Å²) in [4.78, 5) is 35.0. The van der Waals surface area contributed by atoms with Crippen LogP contribution in [0, 0.1) is 17.6 Å². The fourth-order valence-electron chi connectivity index (χ4n) is 6.77. The Labute approximate surface area is 267 Å². The molecule has 3 atom stereocenters. The summed E-state index contributed by atoms with van der Waals surface area (Å²) in [7, 11) is 0. The number of hydrogen-bond donors (Lipinski definition) is 1. The number of halogens is 7. The van der Waals surface area contributed by atoms with Crippen molar-refractivity contribution in [2.45, 2.75) is 61.4 Å². The third kappa shape index (κ3) is 5.57. The molecule has 1 aliphatic heterocycles. The van der Waals surface area contributed by atoms with Crippen molar-refractivity contribution in [1.29, 1.82) is 0 Å². The second kappa shape index (κ2) is 11.2. The van der Waals surface area contributed by atoms with Crippen LogP contribution in [-0.4, -0.2) is 37.7 Å². The molecule has 0 saturated heterocycles. The van der Waals surface area contributed by atoms with E-state index in [1.165, 1.54) is 18.0 Å². The number of alkyl halides is 5. The minimum Gasteiger partial charge on any atom is -0.348 e. The lowest BCUT2D eigenvalue weighted by atomic mass is 9.87. The maximum Gasteiger partial charge on any atom is 0.435 e. The Hall–Kier alpha value is -4.27. The maximum atomic E-state index is 15.2. The number of aromatic nitrogens is 4. The van der Waals surface area contributed by atoms with Crippen LogP contribution >= 0.6 is 11.8 Å². The van der Waals surface area contributed by atoms with Gasteiger partial charge in [0.25, 0.3) is 11.8 Å². The predicted octanol–water partition coefficient (Wildman–Crippen LogP) is 6.80. The van der Waals surface area contributed by atoms with Gasteiger partial charge in [-0.3, -0.25) is 14.3 Å². The van der Waals surface area contributed by atoms with E-state index >= 15 is 8.78 Å². The Morgan fingerprint density at radius 2 is 1.87 bits per heavy atom. The molecule has 2 aromatic carbocycles. The Balaban J connectivity index is 1.29. The molecule has 3 aliphatic rings. The smallest absolute Gasteiger partial charge is 0.348 e. The van der Waals surface area contributed by atoms with Gasteiger partial charge in [0.2, 0.25) is 0 Å². The second-order valence-electron chi connectivity index (χ2n) is 12.0. The van der Waals surface area contributed by atoms with Crippen molar-refractivity contribution in [2.24, 2.45) is 5.92 Å². The number of benzene rings is 2. The summed E-state index contributed by atoms with van der Waals surface area (Å²) in [5.74, 6) is -9.52. The highest BCUT2D eigenvalue weighted by molar-refractivity contribution is 7.98. The summed E-state index contributed by atoms with van der Waals surface area (Å²) in [6.45, 7) is -0.532. The quantitative estimate of drug-likeness (QED) is 0.119. The lowest BCUT2D eigenvalue weighted by Crippen LogP contribution is -2.24. The molecular weight excluding hydrogens is 651 g/mol. The maximum absolute atomic E-state index is 15.2. The summed E-state index contributed by atoms with van der Waals surface area (Å²) in [6, 6.07) is 7.97. The van der Waals surface area contributed by atoms with Crippen molar-refractivity contribution in [2.75, 3.05) is 6.26 Å².